The van der Waals surface area contributed by atoms with Crippen LogP contribution in [0.5, 0.6) is 0 Å². The summed E-state index contributed by atoms with van der Waals surface area (Å²) in [5.41, 5.74) is 2.60. The van der Waals surface area contributed by atoms with Crippen molar-refractivity contribution in [2.75, 3.05) is 18.1 Å². The SMILES string of the molecule is CCC(CC)N(CCO)c1cc(CO)nc2ccccc12. The van der Waals surface area contributed by atoms with E-state index in [1.165, 1.54) is 0 Å². The first-order chi connectivity index (χ1) is 10.2. The van der Waals surface area contributed by atoms with Crippen LogP contribution in [0.15, 0.2) is 30.3 Å². The first kappa shape index (κ1) is 15.7. The number of anilines is 1. The van der Waals surface area contributed by atoms with Gasteiger partial charge in [-0.05, 0) is 25.0 Å². The van der Waals surface area contributed by atoms with E-state index in [1.807, 2.05) is 30.3 Å². The van der Waals surface area contributed by atoms with Gasteiger partial charge in [0, 0.05) is 23.7 Å². The maximum Gasteiger partial charge on any atom is 0.0854 e. The zero-order chi connectivity index (χ0) is 15.2. The molecule has 2 rings (SSSR count). The monoisotopic (exact) mass is 288 g/mol. The number of aromatic nitrogens is 1. The molecule has 21 heavy (non-hydrogen) atoms. The average Bonchev–Trinajstić information content (AvgIpc) is 2.54. The fourth-order valence-corrected chi connectivity index (χ4v) is 2.87. The number of pyridine rings is 1. The molecule has 0 spiro atoms. The van der Waals surface area contributed by atoms with Crippen molar-refractivity contribution in [1.82, 2.24) is 4.98 Å². The van der Waals surface area contributed by atoms with Gasteiger partial charge in [0.15, 0.2) is 0 Å². The van der Waals surface area contributed by atoms with E-state index in [-0.39, 0.29) is 13.2 Å². The number of nitrogens with zero attached hydrogens (tertiary/aromatic N) is 2. The molecule has 0 unspecified atom stereocenters. The first-order valence-corrected chi connectivity index (χ1v) is 7.62. The molecule has 0 saturated carbocycles. The summed E-state index contributed by atoms with van der Waals surface area (Å²) >= 11 is 0. The lowest BCUT2D eigenvalue weighted by Crippen LogP contribution is -2.37. The second-order valence-corrected chi connectivity index (χ2v) is 5.20. The highest BCUT2D eigenvalue weighted by Crippen LogP contribution is 2.29. The second kappa shape index (κ2) is 7.38. The molecular weight excluding hydrogens is 264 g/mol. The third kappa shape index (κ3) is 3.34. The highest BCUT2D eigenvalue weighted by molar-refractivity contribution is 5.92. The summed E-state index contributed by atoms with van der Waals surface area (Å²) in [6.45, 7) is 4.95. The third-order valence-corrected chi connectivity index (χ3v) is 3.94. The van der Waals surface area contributed by atoms with Crippen molar-refractivity contribution in [3.8, 4) is 0 Å². The van der Waals surface area contributed by atoms with E-state index >= 15 is 0 Å². The van der Waals surface area contributed by atoms with Crippen molar-refractivity contribution in [2.45, 2.75) is 39.3 Å². The molecule has 0 aliphatic rings. The predicted octanol–water partition coefficient (Wildman–Crippen LogP) is 2.71. The van der Waals surface area contributed by atoms with Gasteiger partial charge in [-0.1, -0.05) is 32.0 Å². The summed E-state index contributed by atoms with van der Waals surface area (Å²) in [7, 11) is 0. The molecule has 2 aromatic rings. The van der Waals surface area contributed by atoms with Crippen molar-refractivity contribution in [3.05, 3.63) is 36.0 Å². The van der Waals surface area contributed by atoms with E-state index in [0.717, 1.165) is 29.4 Å². The largest absolute Gasteiger partial charge is 0.395 e. The Balaban J connectivity index is 2.59. The molecule has 4 nitrogen and oxygen atoms in total. The van der Waals surface area contributed by atoms with Gasteiger partial charge in [0.25, 0.3) is 0 Å². The molecule has 0 fully saturated rings. The minimum atomic E-state index is -0.0757. The number of para-hydroxylation sites is 1. The highest BCUT2D eigenvalue weighted by atomic mass is 16.3. The Morgan fingerprint density at radius 3 is 2.48 bits per heavy atom. The molecule has 1 aromatic heterocycles. The van der Waals surface area contributed by atoms with Gasteiger partial charge in [0.1, 0.15) is 0 Å². The lowest BCUT2D eigenvalue weighted by atomic mass is 10.1. The lowest BCUT2D eigenvalue weighted by Gasteiger charge is -2.33. The van der Waals surface area contributed by atoms with Crippen LogP contribution in [-0.4, -0.2) is 34.4 Å². The molecule has 1 aromatic carbocycles. The number of aliphatic hydroxyl groups is 2. The van der Waals surface area contributed by atoms with Gasteiger partial charge in [0.05, 0.1) is 24.4 Å². The fraction of sp³-hybridized carbons (Fsp3) is 0.471. The van der Waals surface area contributed by atoms with Crippen molar-refractivity contribution >= 4 is 16.6 Å². The molecule has 1 heterocycles. The molecule has 0 atom stereocenters. The average molecular weight is 288 g/mol. The molecular formula is C17H24N2O2. The summed E-state index contributed by atoms with van der Waals surface area (Å²) in [4.78, 5) is 6.71. The summed E-state index contributed by atoms with van der Waals surface area (Å²) < 4.78 is 0. The number of hydrogen-bond acceptors (Lipinski definition) is 4. The van der Waals surface area contributed by atoms with Crippen molar-refractivity contribution in [3.63, 3.8) is 0 Å². The molecule has 0 bridgehead atoms. The van der Waals surface area contributed by atoms with Crippen LogP contribution in [-0.2, 0) is 6.61 Å². The summed E-state index contributed by atoms with van der Waals surface area (Å²) in [6.07, 6.45) is 2.03. The first-order valence-electron chi connectivity index (χ1n) is 7.62. The topological polar surface area (TPSA) is 56.6 Å². The van der Waals surface area contributed by atoms with Gasteiger partial charge in [-0.3, -0.25) is 4.98 Å². The molecule has 4 heteroatoms. The Labute approximate surface area is 126 Å². The van der Waals surface area contributed by atoms with Crippen LogP contribution in [0, 0.1) is 0 Å². The zero-order valence-electron chi connectivity index (χ0n) is 12.8. The van der Waals surface area contributed by atoms with Crippen molar-refractivity contribution in [2.24, 2.45) is 0 Å². The number of hydrogen-bond donors (Lipinski definition) is 2. The van der Waals surface area contributed by atoms with Crippen LogP contribution in [0.3, 0.4) is 0 Å². The standard InChI is InChI=1S/C17H24N2O2/c1-3-14(4-2)19(9-10-20)17-11-13(12-21)18-16-8-6-5-7-15(16)17/h5-8,11,14,20-21H,3-4,9-10,12H2,1-2H3. The summed E-state index contributed by atoms with van der Waals surface area (Å²) in [6, 6.07) is 10.3. The van der Waals surface area contributed by atoms with E-state index in [4.69, 9.17) is 0 Å². The van der Waals surface area contributed by atoms with E-state index in [1.54, 1.807) is 0 Å². The van der Waals surface area contributed by atoms with Crippen LogP contribution < -0.4 is 4.90 Å². The summed E-state index contributed by atoms with van der Waals surface area (Å²) in [5, 5.41) is 20.0. The van der Waals surface area contributed by atoms with Gasteiger partial charge in [-0.15, -0.1) is 0 Å². The van der Waals surface area contributed by atoms with Crippen LogP contribution in [0.1, 0.15) is 32.4 Å². The Morgan fingerprint density at radius 1 is 1.14 bits per heavy atom. The van der Waals surface area contributed by atoms with E-state index in [9.17, 15) is 10.2 Å². The quantitative estimate of drug-likeness (QED) is 0.822. The van der Waals surface area contributed by atoms with Gasteiger partial charge >= 0.3 is 0 Å². The smallest absolute Gasteiger partial charge is 0.0854 e. The minimum Gasteiger partial charge on any atom is -0.395 e. The maximum atomic E-state index is 9.46. The van der Waals surface area contributed by atoms with Gasteiger partial charge in [-0.25, -0.2) is 0 Å². The van der Waals surface area contributed by atoms with Crippen molar-refractivity contribution < 1.29 is 10.2 Å². The van der Waals surface area contributed by atoms with E-state index < -0.39 is 0 Å². The van der Waals surface area contributed by atoms with Crippen LogP contribution in [0.4, 0.5) is 5.69 Å². The minimum absolute atomic E-state index is 0.0757. The molecule has 0 radical (unpaired) electrons. The third-order valence-electron chi connectivity index (χ3n) is 3.94. The summed E-state index contributed by atoms with van der Waals surface area (Å²) in [5.74, 6) is 0. The molecule has 114 valence electrons. The zero-order valence-corrected chi connectivity index (χ0v) is 12.8. The second-order valence-electron chi connectivity index (χ2n) is 5.20. The Hall–Kier alpha value is -1.65. The molecule has 0 aliphatic heterocycles. The van der Waals surface area contributed by atoms with Crippen LogP contribution in [0.2, 0.25) is 0 Å². The Bertz CT molecular complexity index is 582. The van der Waals surface area contributed by atoms with E-state index in [0.29, 0.717) is 18.3 Å². The molecule has 2 N–H and O–H groups in total. The number of rotatable bonds is 7. The highest BCUT2D eigenvalue weighted by Gasteiger charge is 2.18. The van der Waals surface area contributed by atoms with E-state index in [2.05, 4.69) is 23.7 Å². The molecule has 0 amide bonds. The number of fused-ring (bicyclic) bond motifs is 1. The maximum absolute atomic E-state index is 9.46. The Morgan fingerprint density at radius 2 is 1.86 bits per heavy atom. The van der Waals surface area contributed by atoms with Gasteiger partial charge in [-0.2, -0.15) is 0 Å². The van der Waals surface area contributed by atoms with Crippen LogP contribution >= 0.6 is 0 Å². The number of benzene rings is 1. The van der Waals surface area contributed by atoms with Gasteiger partial charge in [0.2, 0.25) is 0 Å². The lowest BCUT2D eigenvalue weighted by molar-refractivity contribution is 0.277. The van der Waals surface area contributed by atoms with Crippen LogP contribution in [0.25, 0.3) is 10.9 Å². The fourth-order valence-electron chi connectivity index (χ4n) is 2.87. The van der Waals surface area contributed by atoms with Gasteiger partial charge < -0.3 is 15.1 Å². The normalized spacial score (nSPS) is 11.3. The molecule has 0 saturated heterocycles. The molecule has 0 aliphatic carbocycles. The Kier molecular flexibility index (Phi) is 5.53. The number of aliphatic hydroxyl groups excluding tert-OH is 2. The van der Waals surface area contributed by atoms with Crippen molar-refractivity contribution in [1.29, 1.82) is 0 Å². The predicted molar refractivity (Wildman–Crippen MR) is 86.5 cm³/mol.